The van der Waals surface area contributed by atoms with Crippen LogP contribution in [0.1, 0.15) is 42.4 Å². The minimum absolute atomic E-state index is 0.0229. The Morgan fingerprint density at radius 1 is 1.06 bits per heavy atom. The van der Waals surface area contributed by atoms with E-state index in [1.54, 1.807) is 0 Å². The molecule has 35 heavy (non-hydrogen) atoms. The van der Waals surface area contributed by atoms with Crippen LogP contribution in [-0.4, -0.2) is 68.5 Å². The molecule has 0 aliphatic carbocycles. The van der Waals surface area contributed by atoms with Gasteiger partial charge in [-0.3, -0.25) is 14.5 Å². The molecule has 190 valence electrons. The van der Waals surface area contributed by atoms with Crippen LogP contribution in [-0.2, 0) is 29.1 Å². The molecule has 2 amide bonds. The molecule has 0 aromatic heterocycles. The lowest BCUT2D eigenvalue weighted by atomic mass is 10.1. The van der Waals surface area contributed by atoms with Gasteiger partial charge in [-0.15, -0.1) is 0 Å². The van der Waals surface area contributed by atoms with Crippen LogP contribution in [0, 0.1) is 0 Å². The van der Waals surface area contributed by atoms with E-state index in [9.17, 15) is 9.59 Å². The van der Waals surface area contributed by atoms with E-state index in [1.165, 1.54) is 0 Å². The van der Waals surface area contributed by atoms with E-state index in [-0.39, 0.29) is 11.8 Å². The second kappa shape index (κ2) is 14.5. The highest BCUT2D eigenvalue weighted by Gasteiger charge is 2.17. The van der Waals surface area contributed by atoms with Crippen LogP contribution in [0.25, 0.3) is 0 Å². The number of nitrogens with one attached hydrogen (secondary N) is 2. The van der Waals surface area contributed by atoms with Crippen molar-refractivity contribution in [2.24, 2.45) is 0 Å². The number of amides is 2. The predicted molar refractivity (Wildman–Crippen MR) is 139 cm³/mol. The fraction of sp³-hybridized carbons (Fsp3) is 0.500. The lowest BCUT2D eigenvalue weighted by Gasteiger charge is -2.23. The van der Waals surface area contributed by atoms with Crippen LogP contribution in [0.15, 0.2) is 48.5 Å². The Kier molecular flexibility index (Phi) is 11.1. The lowest BCUT2D eigenvalue weighted by molar-refractivity contribution is -0.122. The number of hydrogen-bond donors (Lipinski definition) is 2. The van der Waals surface area contributed by atoms with Crippen molar-refractivity contribution < 1.29 is 14.3 Å². The molecule has 0 bridgehead atoms. The van der Waals surface area contributed by atoms with Gasteiger partial charge in [0.25, 0.3) is 0 Å². The predicted octanol–water partition coefficient (Wildman–Crippen LogP) is 2.98. The normalized spacial score (nSPS) is 15.7. The molecule has 2 N–H and O–H groups in total. The Labute approximate surface area is 209 Å². The van der Waals surface area contributed by atoms with Crippen molar-refractivity contribution in [1.82, 2.24) is 20.4 Å². The smallest absolute Gasteiger partial charge is 0.234 e. The summed E-state index contributed by atoms with van der Waals surface area (Å²) in [6, 6.07) is 16.2. The van der Waals surface area contributed by atoms with Crippen molar-refractivity contribution in [3.05, 3.63) is 65.2 Å². The maximum absolute atomic E-state index is 12.6. The van der Waals surface area contributed by atoms with Crippen molar-refractivity contribution in [3.63, 3.8) is 0 Å². The molecule has 1 aliphatic heterocycles. The number of carbonyl (C=O) groups is 2. The molecule has 7 nitrogen and oxygen atoms in total. The van der Waals surface area contributed by atoms with Crippen LogP contribution in [0.4, 0.5) is 0 Å². The summed E-state index contributed by atoms with van der Waals surface area (Å²) in [6.07, 6.45) is 4.15. The Bertz CT molecular complexity index is 933. The van der Waals surface area contributed by atoms with Crippen molar-refractivity contribution in [1.29, 1.82) is 0 Å². The molecule has 0 atom stereocenters. The van der Waals surface area contributed by atoms with Crippen LogP contribution in [0.3, 0.4) is 0 Å². The van der Waals surface area contributed by atoms with Gasteiger partial charge in [-0.1, -0.05) is 42.5 Å². The van der Waals surface area contributed by atoms with Gasteiger partial charge >= 0.3 is 0 Å². The van der Waals surface area contributed by atoms with Gasteiger partial charge in [0.05, 0.1) is 19.6 Å². The Morgan fingerprint density at radius 3 is 2.69 bits per heavy atom. The summed E-state index contributed by atoms with van der Waals surface area (Å²) in [5.74, 6) is 0.892. The van der Waals surface area contributed by atoms with Crippen molar-refractivity contribution in [2.45, 2.75) is 45.2 Å². The second-order valence-corrected chi connectivity index (χ2v) is 9.52. The Morgan fingerprint density at radius 2 is 1.89 bits per heavy atom. The van der Waals surface area contributed by atoms with Crippen molar-refractivity contribution in [2.75, 3.05) is 46.9 Å². The van der Waals surface area contributed by atoms with Gasteiger partial charge in [-0.25, -0.2) is 0 Å². The molecular formula is C28H40N4O3. The molecule has 2 aromatic rings. The van der Waals surface area contributed by atoms with Gasteiger partial charge in [0.15, 0.2) is 0 Å². The van der Waals surface area contributed by atoms with Crippen molar-refractivity contribution in [3.8, 4) is 5.75 Å². The van der Waals surface area contributed by atoms with Gasteiger partial charge in [0.1, 0.15) is 5.75 Å². The molecule has 3 rings (SSSR count). The number of carbonyl (C=O) groups excluding carboxylic acids is 2. The standard InChI is InChI=1S/C28H40N4O3/c1-31(2)16-9-15-29-27(33)19-24-12-13-26-25(18-24)21-32(20-23-10-5-3-6-11-23)22-28(34)30-14-7-4-8-17-35-26/h3,5-6,10-13,18H,4,7-9,14-17,19-22H2,1-2H3,(H,29,33)(H,30,34). The number of fused-ring (bicyclic) bond motifs is 1. The molecule has 0 spiro atoms. The first-order valence-corrected chi connectivity index (χ1v) is 12.7. The maximum Gasteiger partial charge on any atom is 0.234 e. The molecule has 0 radical (unpaired) electrons. The summed E-state index contributed by atoms with van der Waals surface area (Å²) in [6.45, 7) is 4.49. The third kappa shape index (κ3) is 10.1. The molecule has 0 unspecified atom stereocenters. The van der Waals surface area contributed by atoms with Crippen molar-refractivity contribution >= 4 is 11.8 Å². The minimum atomic E-state index is 0.0229. The molecule has 7 heteroatoms. The van der Waals surface area contributed by atoms with Crippen LogP contribution in [0.2, 0.25) is 0 Å². The number of ether oxygens (including phenoxy) is 1. The van der Waals surface area contributed by atoms with E-state index in [2.05, 4.69) is 38.6 Å². The van der Waals surface area contributed by atoms with E-state index in [0.29, 0.717) is 45.8 Å². The Hall–Kier alpha value is -2.90. The molecule has 1 heterocycles. The average Bonchev–Trinajstić information content (AvgIpc) is 2.84. The SMILES string of the molecule is CN(C)CCCNC(=O)Cc1ccc2c(c1)CN(Cc1ccccc1)CC(=O)NCCCCCO2. The van der Waals surface area contributed by atoms with Gasteiger partial charge in [0, 0.05) is 31.7 Å². The third-order valence-corrected chi connectivity index (χ3v) is 6.00. The number of nitrogens with zero attached hydrogens (tertiary/aromatic N) is 2. The first kappa shape index (κ1) is 26.7. The first-order valence-electron chi connectivity index (χ1n) is 12.7. The fourth-order valence-electron chi connectivity index (χ4n) is 4.20. The molecule has 0 saturated carbocycles. The first-order chi connectivity index (χ1) is 17.0. The van der Waals surface area contributed by atoms with Gasteiger partial charge in [0.2, 0.25) is 11.8 Å². The van der Waals surface area contributed by atoms with E-state index in [0.717, 1.165) is 54.7 Å². The summed E-state index contributed by atoms with van der Waals surface area (Å²) >= 11 is 0. The number of rotatable bonds is 8. The largest absolute Gasteiger partial charge is 0.493 e. The topological polar surface area (TPSA) is 73.9 Å². The van der Waals surface area contributed by atoms with E-state index >= 15 is 0 Å². The summed E-state index contributed by atoms with van der Waals surface area (Å²) in [7, 11) is 4.06. The molecular weight excluding hydrogens is 440 g/mol. The zero-order valence-corrected chi connectivity index (χ0v) is 21.2. The van der Waals surface area contributed by atoms with E-state index in [4.69, 9.17) is 4.74 Å². The number of benzene rings is 2. The monoisotopic (exact) mass is 480 g/mol. The summed E-state index contributed by atoms with van der Waals surface area (Å²) in [5, 5.41) is 6.07. The number of hydrogen-bond acceptors (Lipinski definition) is 5. The highest BCUT2D eigenvalue weighted by atomic mass is 16.5. The minimum Gasteiger partial charge on any atom is -0.493 e. The summed E-state index contributed by atoms with van der Waals surface area (Å²) < 4.78 is 6.15. The maximum atomic E-state index is 12.6. The highest BCUT2D eigenvalue weighted by molar-refractivity contribution is 5.79. The quantitative estimate of drug-likeness (QED) is 0.569. The molecule has 1 aliphatic rings. The van der Waals surface area contributed by atoms with Crippen LogP contribution < -0.4 is 15.4 Å². The zero-order chi connectivity index (χ0) is 24.9. The zero-order valence-electron chi connectivity index (χ0n) is 21.2. The van der Waals surface area contributed by atoms with E-state index < -0.39 is 0 Å². The third-order valence-electron chi connectivity index (χ3n) is 6.00. The fourth-order valence-corrected chi connectivity index (χ4v) is 4.20. The van der Waals surface area contributed by atoms with Crippen LogP contribution in [0.5, 0.6) is 5.75 Å². The van der Waals surface area contributed by atoms with E-state index in [1.807, 2.05) is 44.4 Å². The molecule has 2 aromatic carbocycles. The van der Waals surface area contributed by atoms with Gasteiger partial charge < -0.3 is 20.3 Å². The van der Waals surface area contributed by atoms with Crippen LogP contribution >= 0.6 is 0 Å². The molecule has 0 saturated heterocycles. The second-order valence-electron chi connectivity index (χ2n) is 9.52. The average molecular weight is 481 g/mol. The summed E-state index contributed by atoms with van der Waals surface area (Å²) in [5.41, 5.74) is 3.11. The summed E-state index contributed by atoms with van der Waals surface area (Å²) in [4.78, 5) is 29.4. The van der Waals surface area contributed by atoms with Gasteiger partial charge in [-0.2, -0.15) is 0 Å². The lowest BCUT2D eigenvalue weighted by Crippen LogP contribution is -2.37. The molecule has 0 fully saturated rings. The highest BCUT2D eigenvalue weighted by Crippen LogP contribution is 2.24. The Balaban J connectivity index is 1.74. The van der Waals surface area contributed by atoms with Gasteiger partial charge in [-0.05, 0) is 63.5 Å².